The van der Waals surface area contributed by atoms with E-state index in [1.165, 1.54) is 35.6 Å². The van der Waals surface area contributed by atoms with Crippen molar-refractivity contribution in [3.05, 3.63) is 66.7 Å². The number of amides is 4. The fourth-order valence-corrected chi connectivity index (χ4v) is 7.09. The van der Waals surface area contributed by atoms with Gasteiger partial charge in [0.15, 0.2) is 0 Å². The first kappa shape index (κ1) is 36.6. The molecule has 0 bridgehead atoms. The molecule has 1 aromatic heterocycles. The van der Waals surface area contributed by atoms with Gasteiger partial charge in [0.25, 0.3) is 5.91 Å². The van der Waals surface area contributed by atoms with Gasteiger partial charge in [0, 0.05) is 51.2 Å². The van der Waals surface area contributed by atoms with Gasteiger partial charge in [0.05, 0.1) is 17.5 Å². The molecule has 1 saturated heterocycles. The van der Waals surface area contributed by atoms with E-state index in [2.05, 4.69) is 25.3 Å². The molecule has 50 heavy (non-hydrogen) atoms. The van der Waals surface area contributed by atoms with Gasteiger partial charge in [-0.05, 0) is 75.3 Å². The standard InChI is InChI=1S/C35H45N7O7S/c1-35(2,3)49-34(46)41-17-6-7-24(23-41)21-39-31(43)20-29(40-50(47,48)28-13-10-25-8-4-5-9-26(25)19-28)33(45)42(27-11-12-27)18-16-38-32(44)30-22-36-14-15-37-30/h4-5,8-10,13-15,19,22,24,27,29,40H,6-7,11-12,16-18,20-21,23H2,1-3H3,(H,38,44)(H,39,43)/t24-,29-/m0/s1. The van der Waals surface area contributed by atoms with E-state index in [1.807, 2.05) is 12.1 Å². The molecule has 2 fully saturated rings. The van der Waals surface area contributed by atoms with Crippen molar-refractivity contribution in [2.24, 2.45) is 5.92 Å². The molecule has 4 amide bonds. The lowest BCUT2D eigenvalue weighted by Crippen LogP contribution is -2.53. The predicted molar refractivity (Wildman–Crippen MR) is 185 cm³/mol. The number of sulfonamides is 1. The van der Waals surface area contributed by atoms with Gasteiger partial charge in [-0.15, -0.1) is 0 Å². The summed E-state index contributed by atoms with van der Waals surface area (Å²) in [4.78, 5) is 63.6. The number of rotatable bonds is 13. The summed E-state index contributed by atoms with van der Waals surface area (Å²) >= 11 is 0. The number of carbonyl (C=O) groups is 4. The van der Waals surface area contributed by atoms with Crippen molar-refractivity contribution < 1.29 is 32.3 Å². The molecule has 3 N–H and O–H groups in total. The van der Waals surface area contributed by atoms with Crippen LogP contribution in [0.4, 0.5) is 4.79 Å². The second kappa shape index (κ2) is 15.9. The lowest BCUT2D eigenvalue weighted by Gasteiger charge is -2.34. The van der Waals surface area contributed by atoms with E-state index < -0.39 is 51.9 Å². The molecule has 1 aliphatic heterocycles. The first-order chi connectivity index (χ1) is 23.8. The van der Waals surface area contributed by atoms with Crippen LogP contribution in [0.15, 0.2) is 66.0 Å². The van der Waals surface area contributed by atoms with Crippen molar-refractivity contribution in [1.29, 1.82) is 0 Å². The largest absolute Gasteiger partial charge is 0.444 e. The highest BCUT2D eigenvalue weighted by atomic mass is 32.2. The highest BCUT2D eigenvalue weighted by Crippen LogP contribution is 2.28. The first-order valence-corrected chi connectivity index (χ1v) is 18.4. The number of nitrogens with zero attached hydrogens (tertiary/aromatic N) is 4. The molecule has 2 aromatic carbocycles. The van der Waals surface area contributed by atoms with Crippen LogP contribution < -0.4 is 15.4 Å². The lowest BCUT2D eigenvalue weighted by atomic mass is 9.98. The zero-order valence-electron chi connectivity index (χ0n) is 28.6. The Labute approximate surface area is 292 Å². The van der Waals surface area contributed by atoms with E-state index in [0.29, 0.717) is 18.5 Å². The number of ether oxygens (including phenoxy) is 1. The topological polar surface area (TPSA) is 180 Å². The van der Waals surface area contributed by atoms with Crippen molar-refractivity contribution in [2.75, 3.05) is 32.7 Å². The maximum absolute atomic E-state index is 14.1. The zero-order chi connectivity index (χ0) is 35.9. The molecule has 3 aromatic rings. The van der Waals surface area contributed by atoms with Crippen LogP contribution in [0.2, 0.25) is 0 Å². The van der Waals surface area contributed by atoms with Crippen LogP contribution in [-0.4, -0.2) is 102 Å². The summed E-state index contributed by atoms with van der Waals surface area (Å²) in [6.07, 6.45) is 6.30. The van der Waals surface area contributed by atoms with E-state index in [0.717, 1.165) is 31.1 Å². The molecular formula is C35H45N7O7S. The highest BCUT2D eigenvalue weighted by molar-refractivity contribution is 7.89. The Morgan fingerprint density at radius 3 is 2.48 bits per heavy atom. The Bertz CT molecular complexity index is 1800. The summed E-state index contributed by atoms with van der Waals surface area (Å²) in [5.41, 5.74) is -0.502. The number of aromatic nitrogens is 2. The van der Waals surface area contributed by atoms with Crippen molar-refractivity contribution in [3.63, 3.8) is 0 Å². The van der Waals surface area contributed by atoms with Crippen molar-refractivity contribution >= 4 is 44.6 Å². The fraction of sp³-hybridized carbons (Fsp3) is 0.486. The zero-order valence-corrected chi connectivity index (χ0v) is 29.4. The number of nitrogens with one attached hydrogen (secondary N) is 3. The summed E-state index contributed by atoms with van der Waals surface area (Å²) in [6, 6.07) is 10.4. The molecule has 5 rings (SSSR count). The fourth-order valence-electron chi connectivity index (χ4n) is 5.86. The number of fused-ring (bicyclic) bond motifs is 1. The third kappa shape index (κ3) is 10.2. The predicted octanol–water partition coefficient (Wildman–Crippen LogP) is 2.85. The van der Waals surface area contributed by atoms with Gasteiger partial charge in [-0.25, -0.2) is 18.2 Å². The van der Waals surface area contributed by atoms with Crippen LogP contribution in [0.5, 0.6) is 0 Å². The van der Waals surface area contributed by atoms with Gasteiger partial charge in [0.1, 0.15) is 17.3 Å². The number of benzene rings is 2. The molecule has 14 nitrogen and oxygen atoms in total. The summed E-state index contributed by atoms with van der Waals surface area (Å²) in [5, 5.41) is 7.16. The number of piperidine rings is 1. The SMILES string of the molecule is CC(C)(C)OC(=O)N1CCC[C@@H](CNC(=O)C[C@H](NS(=O)(=O)c2ccc3ccccc3c2)C(=O)N(CCNC(=O)c2cnccn2)C2CC2)C1. The van der Waals surface area contributed by atoms with E-state index >= 15 is 0 Å². The Hall–Kier alpha value is -4.63. The molecule has 268 valence electrons. The van der Waals surface area contributed by atoms with Crippen LogP contribution in [0.1, 0.15) is 63.4 Å². The Morgan fingerprint density at radius 1 is 1.02 bits per heavy atom. The molecular weight excluding hydrogens is 662 g/mol. The van der Waals surface area contributed by atoms with Gasteiger partial charge in [-0.2, -0.15) is 4.72 Å². The smallest absolute Gasteiger partial charge is 0.410 e. The number of hydrogen-bond donors (Lipinski definition) is 3. The normalized spacial score (nSPS) is 17.1. The van der Waals surface area contributed by atoms with Gasteiger partial charge in [0.2, 0.25) is 21.8 Å². The quantitative estimate of drug-likeness (QED) is 0.241. The molecule has 2 heterocycles. The molecule has 0 radical (unpaired) electrons. The molecule has 2 atom stereocenters. The van der Waals surface area contributed by atoms with Gasteiger partial charge in [-0.1, -0.05) is 30.3 Å². The van der Waals surface area contributed by atoms with Gasteiger partial charge >= 0.3 is 6.09 Å². The average Bonchev–Trinajstić information content (AvgIpc) is 3.93. The van der Waals surface area contributed by atoms with Crippen LogP contribution in [0.3, 0.4) is 0 Å². The number of carbonyl (C=O) groups excluding carboxylic acids is 4. The molecule has 2 aliphatic rings. The van der Waals surface area contributed by atoms with E-state index in [4.69, 9.17) is 4.74 Å². The number of likely N-dealkylation sites (tertiary alicyclic amines) is 1. The van der Waals surface area contributed by atoms with Crippen LogP contribution in [-0.2, 0) is 24.3 Å². The molecule has 1 aliphatic carbocycles. The van der Waals surface area contributed by atoms with Gasteiger partial charge < -0.3 is 25.2 Å². The molecule has 0 spiro atoms. The summed E-state index contributed by atoms with van der Waals surface area (Å²) in [5.74, 6) is -1.56. The van der Waals surface area contributed by atoms with Crippen molar-refractivity contribution in [1.82, 2.24) is 35.1 Å². The van der Waals surface area contributed by atoms with Crippen LogP contribution in [0.25, 0.3) is 10.8 Å². The Balaban J connectivity index is 1.28. The second-order valence-electron chi connectivity index (χ2n) is 13.7. The minimum Gasteiger partial charge on any atom is -0.444 e. The minimum atomic E-state index is -4.24. The summed E-state index contributed by atoms with van der Waals surface area (Å²) in [7, 11) is -4.24. The monoisotopic (exact) mass is 707 g/mol. The van der Waals surface area contributed by atoms with E-state index in [1.54, 1.807) is 43.9 Å². The summed E-state index contributed by atoms with van der Waals surface area (Å²) in [6.45, 7) is 6.82. The highest BCUT2D eigenvalue weighted by Gasteiger charge is 2.38. The van der Waals surface area contributed by atoms with Crippen LogP contribution in [0, 0.1) is 5.92 Å². The maximum atomic E-state index is 14.1. The van der Waals surface area contributed by atoms with E-state index in [9.17, 15) is 27.6 Å². The third-order valence-electron chi connectivity index (χ3n) is 8.48. The third-order valence-corrected chi connectivity index (χ3v) is 9.95. The molecule has 1 saturated carbocycles. The van der Waals surface area contributed by atoms with Crippen molar-refractivity contribution in [3.8, 4) is 0 Å². The first-order valence-electron chi connectivity index (χ1n) is 16.9. The average molecular weight is 708 g/mol. The van der Waals surface area contributed by atoms with Gasteiger partial charge in [-0.3, -0.25) is 19.4 Å². The summed E-state index contributed by atoms with van der Waals surface area (Å²) < 4.78 is 35.5. The lowest BCUT2D eigenvalue weighted by molar-refractivity contribution is -0.136. The maximum Gasteiger partial charge on any atom is 0.410 e. The molecule has 15 heteroatoms. The molecule has 0 unspecified atom stereocenters. The Morgan fingerprint density at radius 2 is 1.78 bits per heavy atom. The minimum absolute atomic E-state index is 0.0342. The second-order valence-corrected chi connectivity index (χ2v) is 15.4. The number of hydrogen-bond acceptors (Lipinski definition) is 9. The van der Waals surface area contributed by atoms with E-state index in [-0.39, 0.29) is 42.2 Å². The van der Waals surface area contributed by atoms with Crippen molar-refractivity contribution in [2.45, 2.75) is 75.5 Å². The van der Waals surface area contributed by atoms with Crippen LogP contribution >= 0.6 is 0 Å². The Kier molecular flexibility index (Phi) is 11.7.